The zero-order chi connectivity index (χ0) is 13.8. The van der Waals surface area contributed by atoms with Crippen LogP contribution < -0.4 is 15.2 Å². The zero-order valence-electron chi connectivity index (χ0n) is 11.2. The number of rotatable bonds is 3. The molecule has 1 aliphatic heterocycles. The van der Waals surface area contributed by atoms with Gasteiger partial charge in [0.1, 0.15) is 0 Å². The first kappa shape index (κ1) is 13.2. The number of benzene rings is 2. The van der Waals surface area contributed by atoms with Crippen molar-refractivity contribution in [2.24, 2.45) is 0 Å². The number of thioether (sulfide) groups is 1. The molecule has 2 aromatic rings. The summed E-state index contributed by atoms with van der Waals surface area (Å²) in [4.78, 5) is 1.18. The van der Waals surface area contributed by atoms with Crippen LogP contribution in [0.4, 0.5) is 5.69 Å². The van der Waals surface area contributed by atoms with Gasteiger partial charge in [-0.25, -0.2) is 0 Å². The Labute approximate surface area is 123 Å². The Kier molecular flexibility index (Phi) is 4.02. The normalized spacial score (nSPS) is 13.8. The third kappa shape index (κ3) is 3.20. The summed E-state index contributed by atoms with van der Waals surface area (Å²) >= 11 is 1.77. The van der Waals surface area contributed by atoms with Crippen LogP contribution >= 0.6 is 11.8 Å². The Morgan fingerprint density at radius 2 is 1.85 bits per heavy atom. The quantitative estimate of drug-likeness (QED) is 0.690. The van der Waals surface area contributed by atoms with Crippen molar-refractivity contribution in [3.63, 3.8) is 0 Å². The van der Waals surface area contributed by atoms with Crippen molar-refractivity contribution in [1.82, 2.24) is 0 Å². The van der Waals surface area contributed by atoms with Crippen LogP contribution in [0.2, 0.25) is 0 Å². The predicted octanol–water partition coefficient (Wildman–Crippen LogP) is 3.72. The molecule has 0 spiro atoms. The van der Waals surface area contributed by atoms with Crippen LogP contribution in [0, 0.1) is 0 Å². The van der Waals surface area contributed by atoms with Gasteiger partial charge in [0.2, 0.25) is 0 Å². The molecule has 0 aliphatic carbocycles. The van der Waals surface area contributed by atoms with E-state index in [0.29, 0.717) is 0 Å². The first-order valence-electron chi connectivity index (χ1n) is 6.68. The summed E-state index contributed by atoms with van der Waals surface area (Å²) in [6.45, 7) is 1.44. The Balaban J connectivity index is 1.70. The zero-order valence-corrected chi connectivity index (χ0v) is 12.0. The number of nitrogens with two attached hydrogens (primary N) is 1. The van der Waals surface area contributed by atoms with E-state index in [4.69, 9.17) is 15.2 Å². The molecule has 3 rings (SSSR count). The molecule has 0 amide bonds. The summed E-state index contributed by atoms with van der Waals surface area (Å²) in [6, 6.07) is 14.1. The number of hydrogen-bond donors (Lipinski definition) is 1. The standard InChI is InChI=1S/C16H17NO2S/c17-13-4-1-3-12(9-13)11-20-14-5-6-15-16(10-14)19-8-2-7-18-15/h1,3-6,9-10H,2,7-8,11,17H2. The van der Waals surface area contributed by atoms with Gasteiger partial charge in [0, 0.05) is 22.8 Å². The molecule has 20 heavy (non-hydrogen) atoms. The van der Waals surface area contributed by atoms with E-state index in [9.17, 15) is 0 Å². The summed E-state index contributed by atoms with van der Waals surface area (Å²) in [5.74, 6) is 2.58. The number of nitrogen functional groups attached to an aromatic ring is 1. The summed E-state index contributed by atoms with van der Waals surface area (Å²) in [5, 5.41) is 0. The van der Waals surface area contributed by atoms with Crippen LogP contribution in [0.15, 0.2) is 47.4 Å². The van der Waals surface area contributed by atoms with Gasteiger partial charge in [-0.05, 0) is 35.9 Å². The summed E-state index contributed by atoms with van der Waals surface area (Å²) in [6.07, 6.45) is 0.931. The van der Waals surface area contributed by atoms with Gasteiger partial charge in [0.05, 0.1) is 13.2 Å². The molecule has 0 saturated heterocycles. The summed E-state index contributed by atoms with van der Waals surface area (Å²) in [5.41, 5.74) is 7.82. The van der Waals surface area contributed by atoms with E-state index >= 15 is 0 Å². The molecule has 1 heterocycles. The molecule has 0 bridgehead atoms. The first-order valence-corrected chi connectivity index (χ1v) is 7.67. The molecule has 0 radical (unpaired) electrons. The SMILES string of the molecule is Nc1cccc(CSc2ccc3c(c2)OCCCO3)c1. The highest BCUT2D eigenvalue weighted by Crippen LogP contribution is 2.34. The maximum absolute atomic E-state index is 5.79. The fourth-order valence-corrected chi connectivity index (χ4v) is 2.95. The van der Waals surface area contributed by atoms with Crippen LogP contribution in [0.5, 0.6) is 11.5 Å². The first-order chi connectivity index (χ1) is 9.81. The van der Waals surface area contributed by atoms with E-state index in [0.717, 1.165) is 42.6 Å². The molecule has 2 aromatic carbocycles. The second-order valence-electron chi connectivity index (χ2n) is 4.69. The smallest absolute Gasteiger partial charge is 0.162 e. The van der Waals surface area contributed by atoms with Crippen LogP contribution in [0.3, 0.4) is 0 Å². The monoisotopic (exact) mass is 287 g/mol. The third-order valence-corrected chi connectivity index (χ3v) is 4.14. The molecular formula is C16H17NO2S. The van der Waals surface area contributed by atoms with Gasteiger partial charge in [-0.3, -0.25) is 0 Å². The van der Waals surface area contributed by atoms with Crippen LogP contribution in [0.1, 0.15) is 12.0 Å². The van der Waals surface area contributed by atoms with Gasteiger partial charge in [0.15, 0.2) is 11.5 Å². The van der Waals surface area contributed by atoms with Gasteiger partial charge in [-0.15, -0.1) is 11.8 Å². The average molecular weight is 287 g/mol. The summed E-state index contributed by atoms with van der Waals surface area (Å²) < 4.78 is 11.3. The van der Waals surface area contributed by atoms with E-state index < -0.39 is 0 Å². The highest BCUT2D eigenvalue weighted by molar-refractivity contribution is 7.98. The Morgan fingerprint density at radius 3 is 2.70 bits per heavy atom. The van der Waals surface area contributed by atoms with Gasteiger partial charge in [-0.1, -0.05) is 12.1 Å². The molecule has 2 N–H and O–H groups in total. The molecule has 3 nitrogen and oxygen atoms in total. The fraction of sp³-hybridized carbons (Fsp3) is 0.250. The Morgan fingerprint density at radius 1 is 1.00 bits per heavy atom. The van der Waals surface area contributed by atoms with Crippen LogP contribution in [-0.4, -0.2) is 13.2 Å². The topological polar surface area (TPSA) is 44.5 Å². The minimum absolute atomic E-state index is 0.719. The maximum Gasteiger partial charge on any atom is 0.162 e. The molecule has 0 saturated carbocycles. The van der Waals surface area contributed by atoms with Crippen molar-refractivity contribution in [3.8, 4) is 11.5 Å². The minimum Gasteiger partial charge on any atom is -0.490 e. The van der Waals surface area contributed by atoms with Crippen molar-refractivity contribution in [3.05, 3.63) is 48.0 Å². The van der Waals surface area contributed by atoms with Crippen LogP contribution in [-0.2, 0) is 5.75 Å². The minimum atomic E-state index is 0.719. The lowest BCUT2D eigenvalue weighted by atomic mass is 10.2. The lowest BCUT2D eigenvalue weighted by Crippen LogP contribution is -1.97. The molecular weight excluding hydrogens is 270 g/mol. The van der Waals surface area contributed by atoms with Gasteiger partial charge < -0.3 is 15.2 Å². The lowest BCUT2D eigenvalue weighted by molar-refractivity contribution is 0.297. The lowest BCUT2D eigenvalue weighted by Gasteiger charge is -2.09. The van der Waals surface area contributed by atoms with Crippen molar-refractivity contribution in [2.75, 3.05) is 18.9 Å². The number of hydrogen-bond acceptors (Lipinski definition) is 4. The van der Waals surface area contributed by atoms with Gasteiger partial charge >= 0.3 is 0 Å². The number of anilines is 1. The second-order valence-corrected chi connectivity index (χ2v) is 5.74. The van der Waals surface area contributed by atoms with Crippen LogP contribution in [0.25, 0.3) is 0 Å². The number of fused-ring (bicyclic) bond motifs is 1. The molecule has 4 heteroatoms. The van der Waals surface area contributed by atoms with E-state index in [-0.39, 0.29) is 0 Å². The van der Waals surface area contributed by atoms with Gasteiger partial charge in [-0.2, -0.15) is 0 Å². The summed E-state index contributed by atoms with van der Waals surface area (Å²) in [7, 11) is 0. The molecule has 0 unspecified atom stereocenters. The predicted molar refractivity (Wildman–Crippen MR) is 82.5 cm³/mol. The Hall–Kier alpha value is -1.81. The van der Waals surface area contributed by atoms with Crippen molar-refractivity contribution in [1.29, 1.82) is 0 Å². The molecule has 104 valence electrons. The third-order valence-electron chi connectivity index (χ3n) is 3.08. The van der Waals surface area contributed by atoms with E-state index in [1.807, 2.05) is 24.3 Å². The van der Waals surface area contributed by atoms with E-state index in [1.165, 1.54) is 10.5 Å². The van der Waals surface area contributed by atoms with Crippen molar-refractivity contribution in [2.45, 2.75) is 17.1 Å². The van der Waals surface area contributed by atoms with Crippen molar-refractivity contribution < 1.29 is 9.47 Å². The van der Waals surface area contributed by atoms with E-state index in [2.05, 4.69) is 18.2 Å². The van der Waals surface area contributed by atoms with Gasteiger partial charge in [0.25, 0.3) is 0 Å². The molecule has 0 aromatic heterocycles. The molecule has 1 aliphatic rings. The number of ether oxygens (including phenoxy) is 2. The Bertz CT molecular complexity index is 601. The molecule has 0 fully saturated rings. The largest absolute Gasteiger partial charge is 0.490 e. The van der Waals surface area contributed by atoms with E-state index in [1.54, 1.807) is 11.8 Å². The second kappa shape index (κ2) is 6.09. The fourth-order valence-electron chi connectivity index (χ4n) is 2.08. The van der Waals surface area contributed by atoms with Crippen molar-refractivity contribution >= 4 is 17.4 Å². The highest BCUT2D eigenvalue weighted by atomic mass is 32.2. The molecule has 0 atom stereocenters. The maximum atomic E-state index is 5.79. The highest BCUT2D eigenvalue weighted by Gasteiger charge is 2.10. The average Bonchev–Trinajstić information content (AvgIpc) is 2.70.